The summed E-state index contributed by atoms with van der Waals surface area (Å²) in [5, 5.41) is 0. The summed E-state index contributed by atoms with van der Waals surface area (Å²) in [7, 11) is 3.99. The van der Waals surface area contributed by atoms with Crippen LogP contribution in [0.3, 0.4) is 0 Å². The quantitative estimate of drug-likeness (QED) is 0.642. The highest BCUT2D eigenvalue weighted by Crippen LogP contribution is 2.38. The molecule has 5 rings (SSSR count). The zero-order chi connectivity index (χ0) is 24.4. The molecule has 3 aliphatic heterocycles. The molecule has 1 atom stereocenters. The van der Waals surface area contributed by atoms with Crippen molar-refractivity contribution in [3.8, 4) is 0 Å². The lowest BCUT2D eigenvalue weighted by atomic mass is 9.83. The van der Waals surface area contributed by atoms with Gasteiger partial charge in [-0.05, 0) is 67.5 Å². The van der Waals surface area contributed by atoms with Crippen molar-refractivity contribution in [2.45, 2.75) is 51.5 Å². The number of hydrogen-bond acceptors (Lipinski definition) is 5. The molecule has 190 valence electrons. The number of piperidine rings is 1. The normalized spacial score (nSPS) is 24.9. The lowest BCUT2D eigenvalue weighted by molar-refractivity contribution is -0.128. The number of hydrogen-bond donors (Lipinski definition) is 0. The topological polar surface area (TPSA) is 39.3 Å². The van der Waals surface area contributed by atoms with Gasteiger partial charge in [0.15, 0.2) is 0 Å². The number of amides is 1. The Bertz CT molecular complexity index is 953. The second-order valence-electron chi connectivity index (χ2n) is 10.9. The van der Waals surface area contributed by atoms with Crippen LogP contribution in [0.15, 0.2) is 47.4 Å². The molecule has 35 heavy (non-hydrogen) atoms. The van der Waals surface area contributed by atoms with Crippen LogP contribution < -0.4 is 4.90 Å². The number of ether oxygens (including phenoxy) is 1. The first-order valence-electron chi connectivity index (χ1n) is 13.6. The van der Waals surface area contributed by atoms with Crippen molar-refractivity contribution < 1.29 is 9.53 Å². The van der Waals surface area contributed by atoms with Crippen molar-refractivity contribution in [1.82, 2.24) is 14.7 Å². The van der Waals surface area contributed by atoms with Crippen molar-refractivity contribution in [2.75, 3.05) is 64.9 Å². The van der Waals surface area contributed by atoms with Gasteiger partial charge in [-0.25, -0.2) is 0 Å². The first kappa shape index (κ1) is 24.4. The summed E-state index contributed by atoms with van der Waals surface area (Å²) < 4.78 is 5.78. The number of anilines is 1. The van der Waals surface area contributed by atoms with Gasteiger partial charge in [-0.2, -0.15) is 0 Å². The number of rotatable bonds is 5. The molecule has 0 radical (unpaired) electrons. The van der Waals surface area contributed by atoms with Crippen molar-refractivity contribution in [2.24, 2.45) is 5.92 Å². The van der Waals surface area contributed by atoms with Crippen LogP contribution in [0.25, 0.3) is 0 Å². The molecular formula is C29H42N4O2. The van der Waals surface area contributed by atoms with Crippen LogP contribution in [0.1, 0.15) is 44.6 Å². The van der Waals surface area contributed by atoms with Gasteiger partial charge in [0.25, 0.3) is 0 Å². The average Bonchev–Trinajstić information content (AvgIpc) is 2.89. The largest absolute Gasteiger partial charge is 0.501 e. The number of piperazine rings is 1. The van der Waals surface area contributed by atoms with E-state index in [4.69, 9.17) is 4.74 Å². The molecule has 1 amide bonds. The molecule has 6 heteroatoms. The highest BCUT2D eigenvalue weighted by Gasteiger charge is 2.35. The molecule has 3 heterocycles. The number of carbonyl (C=O) groups excluding carboxylic acids is 1. The van der Waals surface area contributed by atoms with Crippen LogP contribution >= 0.6 is 0 Å². The molecule has 0 aromatic heterocycles. The van der Waals surface area contributed by atoms with Crippen LogP contribution in [-0.2, 0) is 16.0 Å². The van der Waals surface area contributed by atoms with E-state index < -0.39 is 0 Å². The predicted octanol–water partition coefficient (Wildman–Crippen LogP) is 3.89. The number of nitrogens with zero attached hydrogens (tertiary/aromatic N) is 4. The van der Waals surface area contributed by atoms with Gasteiger partial charge in [-0.1, -0.05) is 19.1 Å². The molecule has 1 aromatic carbocycles. The Morgan fingerprint density at radius 1 is 0.943 bits per heavy atom. The molecular weight excluding hydrogens is 436 g/mol. The summed E-state index contributed by atoms with van der Waals surface area (Å²) in [5.74, 6) is 2.14. The highest BCUT2D eigenvalue weighted by molar-refractivity contribution is 5.80. The van der Waals surface area contributed by atoms with Gasteiger partial charge < -0.3 is 19.4 Å². The van der Waals surface area contributed by atoms with Crippen molar-refractivity contribution >= 4 is 11.6 Å². The SMILES string of the molecule is COC1=C2CCN(C(=O)Cc3ccc(N4CCC(C)CC4)cc3)C=C2C(N2CCN(C)CC2)CC1. The number of allylic oxidation sites excluding steroid dienone is 1. The molecule has 1 aliphatic carbocycles. The highest BCUT2D eigenvalue weighted by atomic mass is 16.5. The van der Waals surface area contributed by atoms with E-state index in [9.17, 15) is 4.79 Å². The minimum Gasteiger partial charge on any atom is -0.501 e. The van der Waals surface area contributed by atoms with Crippen molar-refractivity contribution in [1.29, 1.82) is 0 Å². The molecule has 1 unspecified atom stereocenters. The third-order valence-electron chi connectivity index (χ3n) is 8.57. The van der Waals surface area contributed by atoms with E-state index in [0.29, 0.717) is 12.5 Å². The van der Waals surface area contributed by atoms with Crippen molar-refractivity contribution in [3.63, 3.8) is 0 Å². The number of likely N-dealkylation sites (N-methyl/N-ethyl adjacent to an activating group) is 1. The van der Waals surface area contributed by atoms with Gasteiger partial charge in [0.05, 0.1) is 19.3 Å². The molecule has 0 bridgehead atoms. The van der Waals surface area contributed by atoms with E-state index in [1.54, 1.807) is 7.11 Å². The van der Waals surface area contributed by atoms with Crippen LogP contribution in [0.2, 0.25) is 0 Å². The number of fused-ring (bicyclic) bond motifs is 1. The Hall–Kier alpha value is -2.31. The number of methoxy groups -OCH3 is 1. The minimum atomic E-state index is 0.192. The van der Waals surface area contributed by atoms with E-state index in [0.717, 1.165) is 82.3 Å². The van der Waals surface area contributed by atoms with Crippen LogP contribution in [0, 0.1) is 5.92 Å². The molecule has 4 aliphatic rings. The third kappa shape index (κ3) is 5.44. The zero-order valence-electron chi connectivity index (χ0n) is 21.8. The minimum absolute atomic E-state index is 0.192. The van der Waals surface area contributed by atoms with E-state index in [1.807, 2.05) is 4.90 Å². The van der Waals surface area contributed by atoms with Gasteiger partial charge in [-0.15, -0.1) is 0 Å². The summed E-state index contributed by atoms with van der Waals surface area (Å²) in [6.45, 7) is 9.74. The van der Waals surface area contributed by atoms with E-state index in [1.165, 1.54) is 29.7 Å². The fourth-order valence-electron chi connectivity index (χ4n) is 6.15. The lowest BCUT2D eigenvalue weighted by Crippen LogP contribution is -2.51. The van der Waals surface area contributed by atoms with Crippen molar-refractivity contribution in [3.05, 3.63) is 52.9 Å². The lowest BCUT2D eigenvalue weighted by Gasteiger charge is -2.43. The summed E-state index contributed by atoms with van der Waals surface area (Å²) in [5.41, 5.74) is 5.03. The van der Waals surface area contributed by atoms with Gasteiger partial charge in [0, 0.05) is 70.2 Å². The average molecular weight is 479 g/mol. The molecule has 0 saturated carbocycles. The summed E-state index contributed by atoms with van der Waals surface area (Å²) in [4.78, 5) is 22.8. The zero-order valence-corrected chi connectivity index (χ0v) is 21.8. The van der Waals surface area contributed by atoms with Crippen LogP contribution in [0.5, 0.6) is 0 Å². The van der Waals surface area contributed by atoms with Gasteiger partial charge >= 0.3 is 0 Å². The summed E-state index contributed by atoms with van der Waals surface area (Å²) in [6.07, 6.45) is 8.09. The van der Waals surface area contributed by atoms with Gasteiger partial charge in [0.1, 0.15) is 0 Å². The number of benzene rings is 1. The molecule has 2 fully saturated rings. The molecule has 0 N–H and O–H groups in total. The monoisotopic (exact) mass is 478 g/mol. The Morgan fingerprint density at radius 2 is 1.66 bits per heavy atom. The molecule has 0 spiro atoms. The standard InChI is InChI=1S/C29H42N4O2/c1-22-10-13-31(14-11-22)24-6-4-23(5-7-24)20-29(34)33-15-12-25-26(21-33)27(8-9-28(25)35-3)32-18-16-30(2)17-19-32/h4-7,21-22,27H,8-20H2,1-3H3. The fraction of sp³-hybridized carbons (Fsp3) is 0.621. The van der Waals surface area contributed by atoms with E-state index in [2.05, 4.69) is 59.1 Å². The molecule has 1 aromatic rings. The second-order valence-corrected chi connectivity index (χ2v) is 10.9. The van der Waals surface area contributed by atoms with E-state index >= 15 is 0 Å². The molecule has 2 saturated heterocycles. The maximum absolute atomic E-state index is 13.3. The summed E-state index contributed by atoms with van der Waals surface area (Å²) >= 11 is 0. The Labute approximate surface area is 211 Å². The predicted molar refractivity (Wildman–Crippen MR) is 141 cm³/mol. The fourth-order valence-corrected chi connectivity index (χ4v) is 6.15. The van der Waals surface area contributed by atoms with Crippen LogP contribution in [-0.4, -0.2) is 86.6 Å². The maximum Gasteiger partial charge on any atom is 0.230 e. The summed E-state index contributed by atoms with van der Waals surface area (Å²) in [6, 6.07) is 9.07. The number of carbonyl (C=O) groups is 1. The first-order valence-corrected chi connectivity index (χ1v) is 13.6. The van der Waals surface area contributed by atoms with Crippen LogP contribution in [0.4, 0.5) is 5.69 Å². The first-order chi connectivity index (χ1) is 17.0. The Morgan fingerprint density at radius 3 is 2.34 bits per heavy atom. The van der Waals surface area contributed by atoms with E-state index in [-0.39, 0.29) is 5.91 Å². The smallest absolute Gasteiger partial charge is 0.230 e. The molecule has 6 nitrogen and oxygen atoms in total. The Balaban J connectivity index is 1.28. The maximum atomic E-state index is 13.3. The van der Waals surface area contributed by atoms with Gasteiger partial charge in [-0.3, -0.25) is 9.69 Å². The second kappa shape index (κ2) is 10.8. The van der Waals surface area contributed by atoms with Gasteiger partial charge in [0.2, 0.25) is 5.91 Å². The third-order valence-corrected chi connectivity index (χ3v) is 8.57. The Kier molecular flexibility index (Phi) is 7.49.